The summed E-state index contributed by atoms with van der Waals surface area (Å²) in [4.78, 5) is 0. The predicted molar refractivity (Wildman–Crippen MR) is 76.7 cm³/mol. The molecular formula is C15H9ClF2N2O. The summed E-state index contributed by atoms with van der Waals surface area (Å²) in [7, 11) is 0. The highest BCUT2D eigenvalue weighted by atomic mass is 35.5. The van der Waals surface area contributed by atoms with Crippen LogP contribution in [0.1, 0.15) is 0 Å². The zero-order valence-corrected chi connectivity index (χ0v) is 11.4. The van der Waals surface area contributed by atoms with Gasteiger partial charge in [0.2, 0.25) is 5.88 Å². The molecule has 0 aliphatic carbocycles. The molecule has 0 unspecified atom stereocenters. The SMILES string of the molecule is Nc1onc(-c2ccc(Cl)c(F)c2)c1-c1cccc(F)c1. The Labute approximate surface area is 123 Å². The molecule has 2 aromatic carbocycles. The molecule has 0 atom stereocenters. The van der Waals surface area contributed by atoms with Crippen LogP contribution in [-0.4, -0.2) is 5.16 Å². The summed E-state index contributed by atoms with van der Waals surface area (Å²) in [5.74, 6) is -0.965. The van der Waals surface area contributed by atoms with Crippen molar-refractivity contribution >= 4 is 17.5 Å². The Bertz CT molecular complexity index is 817. The van der Waals surface area contributed by atoms with Gasteiger partial charge < -0.3 is 10.3 Å². The number of halogens is 3. The number of hydrogen-bond acceptors (Lipinski definition) is 3. The molecule has 0 fully saturated rings. The van der Waals surface area contributed by atoms with E-state index < -0.39 is 11.6 Å². The van der Waals surface area contributed by atoms with E-state index >= 15 is 0 Å². The Hall–Kier alpha value is -2.40. The van der Waals surface area contributed by atoms with Gasteiger partial charge in [-0.2, -0.15) is 0 Å². The summed E-state index contributed by atoms with van der Waals surface area (Å²) < 4.78 is 31.9. The van der Waals surface area contributed by atoms with Gasteiger partial charge in [-0.1, -0.05) is 35.0 Å². The number of anilines is 1. The molecule has 0 spiro atoms. The first-order chi connectivity index (χ1) is 10.1. The van der Waals surface area contributed by atoms with Crippen molar-refractivity contribution in [2.75, 3.05) is 5.73 Å². The molecule has 0 radical (unpaired) electrons. The Morgan fingerprint density at radius 1 is 1.05 bits per heavy atom. The molecule has 106 valence electrons. The van der Waals surface area contributed by atoms with Crippen LogP contribution in [0.2, 0.25) is 5.02 Å². The van der Waals surface area contributed by atoms with Crippen LogP contribution >= 0.6 is 11.6 Å². The van der Waals surface area contributed by atoms with Gasteiger partial charge in [0.15, 0.2) is 0 Å². The zero-order chi connectivity index (χ0) is 15.0. The van der Waals surface area contributed by atoms with Gasteiger partial charge in [-0.05, 0) is 29.8 Å². The molecule has 2 N–H and O–H groups in total. The molecule has 3 aromatic rings. The molecule has 3 rings (SSSR count). The maximum Gasteiger partial charge on any atom is 0.230 e. The lowest BCUT2D eigenvalue weighted by Crippen LogP contribution is -1.89. The average molecular weight is 307 g/mol. The molecule has 0 amide bonds. The maximum absolute atomic E-state index is 13.6. The molecule has 6 heteroatoms. The van der Waals surface area contributed by atoms with E-state index in [2.05, 4.69) is 5.16 Å². The van der Waals surface area contributed by atoms with Crippen molar-refractivity contribution in [2.24, 2.45) is 0 Å². The van der Waals surface area contributed by atoms with Crippen molar-refractivity contribution in [2.45, 2.75) is 0 Å². The number of nitrogen functional groups attached to an aromatic ring is 1. The summed E-state index contributed by atoms with van der Waals surface area (Å²) in [6, 6.07) is 10.1. The van der Waals surface area contributed by atoms with Gasteiger partial charge in [-0.3, -0.25) is 0 Å². The van der Waals surface area contributed by atoms with Gasteiger partial charge in [-0.25, -0.2) is 8.78 Å². The topological polar surface area (TPSA) is 52.0 Å². The third kappa shape index (κ3) is 2.48. The summed E-state index contributed by atoms with van der Waals surface area (Å²) in [6.07, 6.45) is 0. The van der Waals surface area contributed by atoms with Crippen LogP contribution in [0.15, 0.2) is 47.0 Å². The first kappa shape index (κ1) is 13.6. The third-order valence-electron chi connectivity index (χ3n) is 3.02. The Morgan fingerprint density at radius 2 is 1.86 bits per heavy atom. The van der Waals surface area contributed by atoms with Crippen LogP contribution in [0.3, 0.4) is 0 Å². The Morgan fingerprint density at radius 3 is 2.57 bits per heavy atom. The highest BCUT2D eigenvalue weighted by molar-refractivity contribution is 6.30. The van der Waals surface area contributed by atoms with Gasteiger partial charge in [0.05, 0.1) is 10.6 Å². The standard InChI is InChI=1S/C15H9ClF2N2O/c16-11-5-4-9(7-12(11)18)14-13(15(19)21-20-14)8-2-1-3-10(17)6-8/h1-7H,19H2. The molecule has 0 saturated heterocycles. The van der Waals surface area contributed by atoms with Gasteiger partial charge in [0, 0.05) is 5.56 Å². The Kier molecular flexibility index (Phi) is 3.35. The van der Waals surface area contributed by atoms with Gasteiger partial charge >= 0.3 is 0 Å². The molecule has 21 heavy (non-hydrogen) atoms. The summed E-state index contributed by atoms with van der Waals surface area (Å²) >= 11 is 5.66. The quantitative estimate of drug-likeness (QED) is 0.757. The van der Waals surface area contributed by atoms with Crippen LogP contribution in [-0.2, 0) is 0 Å². The van der Waals surface area contributed by atoms with Crippen LogP contribution in [0.25, 0.3) is 22.4 Å². The second kappa shape index (κ2) is 5.18. The van der Waals surface area contributed by atoms with Crippen molar-refractivity contribution in [3.05, 3.63) is 59.1 Å². The van der Waals surface area contributed by atoms with Crippen LogP contribution in [0.5, 0.6) is 0 Å². The first-order valence-corrected chi connectivity index (χ1v) is 6.40. The molecule has 0 saturated carbocycles. The number of nitrogens with zero attached hydrogens (tertiary/aromatic N) is 1. The van der Waals surface area contributed by atoms with Crippen LogP contribution < -0.4 is 5.73 Å². The van der Waals surface area contributed by atoms with Crippen LogP contribution in [0, 0.1) is 11.6 Å². The fourth-order valence-corrected chi connectivity index (χ4v) is 2.18. The van der Waals surface area contributed by atoms with Gasteiger partial charge in [0.25, 0.3) is 0 Å². The van der Waals surface area contributed by atoms with E-state index in [9.17, 15) is 8.78 Å². The second-order valence-corrected chi connectivity index (χ2v) is 4.82. The minimum atomic E-state index is -0.582. The van der Waals surface area contributed by atoms with E-state index in [1.54, 1.807) is 18.2 Å². The number of rotatable bonds is 2. The minimum Gasteiger partial charge on any atom is -0.367 e. The van der Waals surface area contributed by atoms with Crippen molar-refractivity contribution in [1.29, 1.82) is 0 Å². The minimum absolute atomic E-state index is 0.00234. The molecule has 0 aliphatic rings. The zero-order valence-electron chi connectivity index (χ0n) is 10.6. The molecule has 3 nitrogen and oxygen atoms in total. The largest absolute Gasteiger partial charge is 0.367 e. The van der Waals surface area contributed by atoms with Crippen molar-refractivity contribution in [3.8, 4) is 22.4 Å². The van der Waals surface area contributed by atoms with Crippen LogP contribution in [0.4, 0.5) is 14.7 Å². The molecule has 0 aliphatic heterocycles. The van der Waals surface area contributed by atoms with E-state index in [1.165, 1.54) is 24.3 Å². The second-order valence-electron chi connectivity index (χ2n) is 4.41. The number of aromatic nitrogens is 1. The lowest BCUT2D eigenvalue weighted by molar-refractivity contribution is 0.439. The van der Waals surface area contributed by atoms with E-state index in [0.717, 1.165) is 0 Å². The lowest BCUT2D eigenvalue weighted by atomic mass is 10.0. The lowest BCUT2D eigenvalue weighted by Gasteiger charge is -2.04. The number of hydrogen-bond donors (Lipinski definition) is 1. The fraction of sp³-hybridized carbons (Fsp3) is 0. The first-order valence-electron chi connectivity index (χ1n) is 6.03. The summed E-state index contributed by atoms with van der Waals surface area (Å²) in [5, 5.41) is 3.83. The molecular weight excluding hydrogens is 298 g/mol. The maximum atomic E-state index is 13.6. The van der Waals surface area contributed by atoms with E-state index in [0.29, 0.717) is 22.4 Å². The highest BCUT2D eigenvalue weighted by Crippen LogP contribution is 2.37. The predicted octanol–water partition coefficient (Wildman–Crippen LogP) is 4.52. The fourth-order valence-electron chi connectivity index (χ4n) is 2.07. The van der Waals surface area contributed by atoms with E-state index in [4.69, 9.17) is 21.9 Å². The molecule has 1 heterocycles. The molecule has 0 bridgehead atoms. The number of benzene rings is 2. The Balaban J connectivity index is 2.19. The van der Waals surface area contributed by atoms with Gasteiger partial charge in [-0.15, -0.1) is 0 Å². The molecule has 1 aromatic heterocycles. The van der Waals surface area contributed by atoms with Crippen molar-refractivity contribution < 1.29 is 13.3 Å². The number of nitrogens with two attached hydrogens (primary N) is 1. The summed E-state index contributed by atoms with van der Waals surface area (Å²) in [5.41, 5.74) is 7.44. The van der Waals surface area contributed by atoms with E-state index in [-0.39, 0.29) is 10.9 Å². The van der Waals surface area contributed by atoms with Crippen molar-refractivity contribution in [1.82, 2.24) is 5.16 Å². The van der Waals surface area contributed by atoms with E-state index in [1.807, 2.05) is 0 Å². The van der Waals surface area contributed by atoms with Gasteiger partial charge in [0.1, 0.15) is 17.3 Å². The monoisotopic (exact) mass is 306 g/mol. The normalized spacial score (nSPS) is 10.8. The summed E-state index contributed by atoms with van der Waals surface area (Å²) in [6.45, 7) is 0. The average Bonchev–Trinajstić information content (AvgIpc) is 2.84. The smallest absolute Gasteiger partial charge is 0.230 e. The van der Waals surface area contributed by atoms with Crippen molar-refractivity contribution in [3.63, 3.8) is 0 Å². The highest BCUT2D eigenvalue weighted by Gasteiger charge is 2.18. The third-order valence-corrected chi connectivity index (χ3v) is 3.33.